The van der Waals surface area contributed by atoms with E-state index in [1.165, 1.54) is 38.5 Å². The average Bonchev–Trinajstić information content (AvgIpc) is 3.10. The maximum absolute atomic E-state index is 12.9. The van der Waals surface area contributed by atoms with Crippen LogP contribution in [0.15, 0.2) is 46.9 Å². The Balaban J connectivity index is 1.19. The Morgan fingerprint density at radius 2 is 1.80 bits per heavy atom. The van der Waals surface area contributed by atoms with Crippen LogP contribution in [0.2, 0.25) is 5.02 Å². The molecule has 0 aliphatic heterocycles. The number of benzene rings is 2. The Morgan fingerprint density at radius 3 is 2.50 bits per heavy atom. The van der Waals surface area contributed by atoms with Crippen molar-refractivity contribution in [2.75, 3.05) is 5.32 Å². The Labute approximate surface area is 181 Å². The summed E-state index contributed by atoms with van der Waals surface area (Å²) in [6.45, 7) is 0. The summed E-state index contributed by atoms with van der Waals surface area (Å²) in [6, 6.07) is 13.1. The van der Waals surface area contributed by atoms with Gasteiger partial charge in [-0.05, 0) is 98.1 Å². The third kappa shape index (κ3) is 3.31. The van der Waals surface area contributed by atoms with E-state index in [1.807, 2.05) is 42.5 Å². The van der Waals surface area contributed by atoms with Gasteiger partial charge in [-0.3, -0.25) is 4.79 Å². The molecule has 7 rings (SSSR count). The van der Waals surface area contributed by atoms with Crippen LogP contribution in [-0.2, 0) is 4.79 Å². The highest BCUT2D eigenvalue weighted by atomic mass is 35.5. The molecule has 0 radical (unpaired) electrons. The van der Waals surface area contributed by atoms with Gasteiger partial charge in [-0.25, -0.2) is 4.98 Å². The number of amides is 1. The second-order valence-electron chi connectivity index (χ2n) is 9.85. The first-order valence-corrected chi connectivity index (χ1v) is 11.4. The molecule has 1 amide bonds. The number of aromatic nitrogens is 1. The zero-order valence-corrected chi connectivity index (χ0v) is 17.6. The number of rotatable bonds is 4. The van der Waals surface area contributed by atoms with E-state index < -0.39 is 0 Å². The molecule has 4 aliphatic rings. The molecule has 5 heteroatoms. The summed E-state index contributed by atoms with van der Waals surface area (Å²) in [4.78, 5) is 17.5. The lowest BCUT2D eigenvalue weighted by atomic mass is 9.49. The highest BCUT2D eigenvalue weighted by Crippen LogP contribution is 2.61. The molecular weight excluding hydrogens is 396 g/mol. The molecule has 4 nitrogen and oxygen atoms in total. The van der Waals surface area contributed by atoms with Crippen LogP contribution in [0.4, 0.5) is 5.69 Å². The number of fused-ring (bicyclic) bond motifs is 1. The molecule has 4 saturated carbocycles. The first-order chi connectivity index (χ1) is 14.5. The van der Waals surface area contributed by atoms with E-state index in [0.29, 0.717) is 22.9 Å². The fourth-order valence-electron chi connectivity index (χ4n) is 6.80. The number of nitrogens with zero attached hydrogens (tertiary/aromatic N) is 1. The van der Waals surface area contributed by atoms with Crippen molar-refractivity contribution in [2.24, 2.45) is 23.2 Å². The van der Waals surface area contributed by atoms with Gasteiger partial charge in [0.2, 0.25) is 11.8 Å². The molecule has 4 bridgehead atoms. The van der Waals surface area contributed by atoms with E-state index in [-0.39, 0.29) is 11.3 Å². The van der Waals surface area contributed by atoms with Crippen LogP contribution in [-0.4, -0.2) is 10.9 Å². The van der Waals surface area contributed by atoms with Crippen molar-refractivity contribution in [2.45, 2.75) is 44.9 Å². The second kappa shape index (κ2) is 6.84. The number of hydrogen-bond donors (Lipinski definition) is 1. The molecule has 0 saturated heterocycles. The highest BCUT2D eigenvalue weighted by molar-refractivity contribution is 6.30. The molecule has 30 heavy (non-hydrogen) atoms. The van der Waals surface area contributed by atoms with Gasteiger partial charge >= 0.3 is 0 Å². The normalized spacial score (nSPS) is 29.4. The zero-order valence-electron chi connectivity index (χ0n) is 16.9. The van der Waals surface area contributed by atoms with Gasteiger partial charge < -0.3 is 9.73 Å². The van der Waals surface area contributed by atoms with Crippen LogP contribution in [0, 0.1) is 23.2 Å². The van der Waals surface area contributed by atoms with Crippen LogP contribution in [0.1, 0.15) is 44.9 Å². The maximum atomic E-state index is 12.9. The van der Waals surface area contributed by atoms with E-state index in [9.17, 15) is 4.79 Å². The molecule has 0 unspecified atom stereocenters. The molecule has 4 aliphatic carbocycles. The summed E-state index contributed by atoms with van der Waals surface area (Å²) in [5.41, 5.74) is 3.30. The van der Waals surface area contributed by atoms with Crippen LogP contribution in [0.25, 0.3) is 22.6 Å². The number of oxazole rings is 1. The fourth-order valence-corrected chi connectivity index (χ4v) is 6.99. The monoisotopic (exact) mass is 420 g/mol. The Kier molecular flexibility index (Phi) is 4.21. The quantitative estimate of drug-likeness (QED) is 0.511. The van der Waals surface area contributed by atoms with Gasteiger partial charge in [0, 0.05) is 22.7 Å². The topological polar surface area (TPSA) is 55.1 Å². The highest BCUT2D eigenvalue weighted by Gasteiger charge is 2.51. The molecule has 3 aromatic rings. The predicted molar refractivity (Wildman–Crippen MR) is 118 cm³/mol. The maximum Gasteiger partial charge on any atom is 0.227 e. The van der Waals surface area contributed by atoms with Crippen molar-refractivity contribution in [1.82, 2.24) is 4.98 Å². The van der Waals surface area contributed by atoms with E-state index in [4.69, 9.17) is 16.0 Å². The third-order valence-corrected chi connectivity index (χ3v) is 7.68. The van der Waals surface area contributed by atoms with Crippen molar-refractivity contribution >= 4 is 34.3 Å². The van der Waals surface area contributed by atoms with E-state index in [1.54, 1.807) is 0 Å². The lowest BCUT2D eigenvalue weighted by molar-refractivity contribution is -0.124. The van der Waals surface area contributed by atoms with Crippen molar-refractivity contribution in [3.05, 3.63) is 47.5 Å². The standard InChI is InChI=1S/C25H25ClN2O2/c26-19-3-1-2-18(9-19)24-28-21-10-20(4-5-22(21)30-24)27-23(29)14-25-11-15-6-16(12-25)8-17(7-15)13-25/h1-5,9-10,15-17H,6-8,11-14H2,(H,27,29). The summed E-state index contributed by atoms with van der Waals surface area (Å²) in [5, 5.41) is 3.77. The molecule has 0 spiro atoms. The van der Waals surface area contributed by atoms with Crippen LogP contribution in [0.3, 0.4) is 0 Å². The summed E-state index contributed by atoms with van der Waals surface area (Å²) in [7, 11) is 0. The number of nitrogens with one attached hydrogen (secondary N) is 1. The number of halogens is 1. The molecule has 2 aromatic carbocycles. The first-order valence-electron chi connectivity index (χ1n) is 11.0. The summed E-state index contributed by atoms with van der Waals surface area (Å²) in [5.74, 6) is 3.25. The van der Waals surface area contributed by atoms with Gasteiger partial charge in [-0.15, -0.1) is 0 Å². The van der Waals surface area contributed by atoms with E-state index in [0.717, 1.165) is 34.5 Å². The van der Waals surface area contributed by atoms with Crippen molar-refractivity contribution in [3.8, 4) is 11.5 Å². The second-order valence-corrected chi connectivity index (χ2v) is 10.3. The van der Waals surface area contributed by atoms with Gasteiger partial charge in [0.15, 0.2) is 5.58 Å². The average molecular weight is 421 g/mol. The summed E-state index contributed by atoms with van der Waals surface area (Å²) in [6.07, 6.45) is 8.60. The first kappa shape index (κ1) is 18.4. The molecule has 4 fully saturated rings. The van der Waals surface area contributed by atoms with Gasteiger partial charge in [-0.2, -0.15) is 0 Å². The minimum Gasteiger partial charge on any atom is -0.436 e. The molecule has 1 aromatic heterocycles. The van der Waals surface area contributed by atoms with Crippen molar-refractivity contribution in [1.29, 1.82) is 0 Å². The van der Waals surface area contributed by atoms with Gasteiger partial charge in [-0.1, -0.05) is 17.7 Å². The Bertz CT molecular complexity index is 1100. The molecule has 0 atom stereocenters. The predicted octanol–water partition coefficient (Wildman–Crippen LogP) is 6.69. The van der Waals surface area contributed by atoms with Crippen LogP contribution < -0.4 is 5.32 Å². The minimum absolute atomic E-state index is 0.134. The molecule has 1 N–H and O–H groups in total. The number of carbonyl (C=O) groups is 1. The Morgan fingerprint density at radius 1 is 1.07 bits per heavy atom. The smallest absolute Gasteiger partial charge is 0.227 e. The fraction of sp³-hybridized carbons (Fsp3) is 0.440. The van der Waals surface area contributed by atoms with Crippen molar-refractivity contribution in [3.63, 3.8) is 0 Å². The van der Waals surface area contributed by atoms with Crippen molar-refractivity contribution < 1.29 is 9.21 Å². The largest absolute Gasteiger partial charge is 0.436 e. The zero-order chi connectivity index (χ0) is 20.3. The number of hydrogen-bond acceptors (Lipinski definition) is 3. The minimum atomic E-state index is 0.134. The Hall–Kier alpha value is -2.33. The molecule has 1 heterocycles. The lowest BCUT2D eigenvalue weighted by Crippen LogP contribution is -2.47. The van der Waals surface area contributed by atoms with E-state index in [2.05, 4.69) is 10.3 Å². The molecular formula is C25H25ClN2O2. The van der Waals surface area contributed by atoms with Gasteiger partial charge in [0.05, 0.1) is 0 Å². The van der Waals surface area contributed by atoms with Gasteiger partial charge in [0.25, 0.3) is 0 Å². The summed E-state index contributed by atoms with van der Waals surface area (Å²) < 4.78 is 5.88. The van der Waals surface area contributed by atoms with Crippen LogP contribution in [0.5, 0.6) is 0 Å². The number of anilines is 1. The lowest BCUT2D eigenvalue weighted by Gasteiger charge is -2.56. The SMILES string of the molecule is O=C(CC12CC3CC(CC(C3)C1)C2)Nc1ccc2oc(-c3cccc(Cl)c3)nc2c1. The number of carbonyl (C=O) groups excluding carboxylic acids is 1. The van der Waals surface area contributed by atoms with Gasteiger partial charge in [0.1, 0.15) is 5.52 Å². The third-order valence-electron chi connectivity index (χ3n) is 7.44. The van der Waals surface area contributed by atoms with E-state index >= 15 is 0 Å². The summed E-state index contributed by atoms with van der Waals surface area (Å²) >= 11 is 6.09. The molecule has 154 valence electrons. The van der Waals surface area contributed by atoms with Crippen LogP contribution >= 0.6 is 11.6 Å².